The molecule has 0 bridgehead atoms. The fourth-order valence-electron chi connectivity index (χ4n) is 0.953. The van der Waals surface area contributed by atoms with Gasteiger partial charge in [-0.2, -0.15) is 0 Å². The van der Waals surface area contributed by atoms with Crippen LogP contribution < -0.4 is 0 Å². The minimum Gasteiger partial charge on any atom is -0.478 e. The fraction of sp³-hybridized carbons (Fsp3) is 0.182. The maximum Gasteiger partial charge on any atom is 0.384 e. The van der Waals surface area contributed by atoms with Crippen LogP contribution in [0, 0.1) is 17.7 Å². The molecule has 1 heterocycles. The lowest BCUT2D eigenvalue weighted by molar-refractivity contribution is -0.136. The SMILES string of the molecule is CCOC(=O)C#Cc1cc(C(=O)O)c(F)cn1. The normalized spacial score (nSPS) is 9.06. The molecule has 0 unspecified atom stereocenters. The second-order valence-corrected chi connectivity index (χ2v) is 2.83. The number of carboxylic acids is 1. The molecular formula is C11H8FNO4. The van der Waals surface area contributed by atoms with Gasteiger partial charge in [0.1, 0.15) is 5.69 Å². The predicted molar refractivity (Wildman–Crippen MR) is 54.7 cm³/mol. The van der Waals surface area contributed by atoms with Gasteiger partial charge in [0.2, 0.25) is 0 Å². The van der Waals surface area contributed by atoms with Crippen LogP contribution in [-0.2, 0) is 9.53 Å². The summed E-state index contributed by atoms with van der Waals surface area (Å²) in [6.45, 7) is 1.81. The zero-order chi connectivity index (χ0) is 12.8. The Balaban J connectivity index is 2.97. The van der Waals surface area contributed by atoms with E-state index in [1.165, 1.54) is 0 Å². The van der Waals surface area contributed by atoms with Crippen LogP contribution in [0.1, 0.15) is 23.0 Å². The number of hydrogen-bond acceptors (Lipinski definition) is 4. The van der Waals surface area contributed by atoms with Crippen LogP contribution in [0.3, 0.4) is 0 Å². The minimum atomic E-state index is -1.43. The van der Waals surface area contributed by atoms with Gasteiger partial charge in [0.05, 0.1) is 18.4 Å². The number of aromatic carboxylic acids is 1. The average molecular weight is 237 g/mol. The summed E-state index contributed by atoms with van der Waals surface area (Å²) in [4.78, 5) is 25.0. The fourth-order valence-corrected chi connectivity index (χ4v) is 0.953. The number of aromatic nitrogens is 1. The van der Waals surface area contributed by atoms with Crippen molar-refractivity contribution in [3.8, 4) is 11.8 Å². The highest BCUT2D eigenvalue weighted by atomic mass is 19.1. The number of hydrogen-bond donors (Lipinski definition) is 1. The van der Waals surface area contributed by atoms with Crippen LogP contribution in [0.25, 0.3) is 0 Å². The third-order valence-electron chi connectivity index (χ3n) is 1.65. The van der Waals surface area contributed by atoms with Crippen LogP contribution in [0.4, 0.5) is 4.39 Å². The molecule has 0 aromatic carbocycles. The molecule has 0 saturated carbocycles. The number of esters is 1. The summed E-state index contributed by atoms with van der Waals surface area (Å²) < 4.78 is 17.5. The van der Waals surface area contributed by atoms with Crippen molar-refractivity contribution < 1.29 is 23.8 Å². The van der Waals surface area contributed by atoms with E-state index in [0.717, 1.165) is 12.3 Å². The molecule has 88 valence electrons. The number of carbonyl (C=O) groups is 2. The van der Waals surface area contributed by atoms with Gasteiger partial charge in [-0.15, -0.1) is 0 Å². The standard InChI is InChI=1S/C11H8FNO4/c1-2-17-10(14)4-3-7-5-8(11(15)16)9(12)6-13-7/h5-6H,2H2,1H3,(H,15,16). The van der Waals surface area contributed by atoms with Gasteiger partial charge >= 0.3 is 11.9 Å². The maximum atomic E-state index is 13.0. The Kier molecular flexibility index (Phi) is 4.17. The lowest BCUT2D eigenvalue weighted by Gasteiger charge is -1.96. The number of halogens is 1. The monoisotopic (exact) mass is 237 g/mol. The predicted octanol–water partition coefficient (Wildman–Crippen LogP) is 0.834. The molecule has 0 aliphatic heterocycles. The summed E-state index contributed by atoms with van der Waals surface area (Å²) in [5.74, 6) is 1.24. The Bertz CT molecular complexity index is 516. The number of nitrogens with zero attached hydrogens (tertiary/aromatic N) is 1. The molecule has 0 radical (unpaired) electrons. The quantitative estimate of drug-likeness (QED) is 0.609. The van der Waals surface area contributed by atoms with Crippen molar-refractivity contribution >= 4 is 11.9 Å². The van der Waals surface area contributed by atoms with E-state index in [1.807, 2.05) is 0 Å². The third kappa shape index (κ3) is 3.57. The summed E-state index contributed by atoms with van der Waals surface area (Å²) in [6, 6.07) is 0.948. The average Bonchev–Trinajstić information content (AvgIpc) is 2.28. The number of carbonyl (C=O) groups excluding carboxylic acids is 1. The second-order valence-electron chi connectivity index (χ2n) is 2.83. The molecule has 6 heteroatoms. The lowest BCUT2D eigenvalue weighted by Crippen LogP contribution is -2.03. The molecule has 0 atom stereocenters. The molecule has 0 spiro atoms. The molecule has 0 saturated heterocycles. The number of rotatable bonds is 2. The molecular weight excluding hydrogens is 229 g/mol. The summed E-state index contributed by atoms with van der Waals surface area (Å²) >= 11 is 0. The molecule has 1 N–H and O–H groups in total. The largest absolute Gasteiger partial charge is 0.478 e. The summed E-state index contributed by atoms with van der Waals surface area (Å²) in [6.07, 6.45) is 0.735. The van der Waals surface area contributed by atoms with Crippen molar-refractivity contribution in [1.82, 2.24) is 4.98 Å². The first-order valence-corrected chi connectivity index (χ1v) is 4.62. The van der Waals surface area contributed by atoms with Crippen LogP contribution in [0.2, 0.25) is 0 Å². The highest BCUT2D eigenvalue weighted by Gasteiger charge is 2.10. The summed E-state index contributed by atoms with van der Waals surface area (Å²) in [5.41, 5.74) is -0.565. The van der Waals surface area contributed by atoms with Gasteiger partial charge in [0, 0.05) is 5.92 Å². The van der Waals surface area contributed by atoms with E-state index in [-0.39, 0.29) is 12.3 Å². The Morgan fingerprint density at radius 1 is 1.59 bits per heavy atom. The van der Waals surface area contributed by atoms with Crippen molar-refractivity contribution in [2.24, 2.45) is 0 Å². The number of ether oxygens (including phenoxy) is 1. The van der Waals surface area contributed by atoms with Gasteiger partial charge in [-0.1, -0.05) is 0 Å². The zero-order valence-electron chi connectivity index (χ0n) is 8.86. The van der Waals surface area contributed by atoms with E-state index in [1.54, 1.807) is 6.92 Å². The van der Waals surface area contributed by atoms with Gasteiger partial charge in [-0.3, -0.25) is 0 Å². The van der Waals surface area contributed by atoms with Crippen LogP contribution >= 0.6 is 0 Å². The van der Waals surface area contributed by atoms with Gasteiger partial charge in [-0.25, -0.2) is 19.0 Å². The summed E-state index contributed by atoms with van der Waals surface area (Å²) in [5, 5.41) is 8.64. The Morgan fingerprint density at radius 2 is 2.29 bits per heavy atom. The van der Waals surface area contributed by atoms with Gasteiger partial charge in [-0.05, 0) is 18.9 Å². The lowest BCUT2D eigenvalue weighted by atomic mass is 10.2. The van der Waals surface area contributed by atoms with E-state index in [9.17, 15) is 14.0 Å². The molecule has 0 aliphatic carbocycles. The zero-order valence-corrected chi connectivity index (χ0v) is 8.86. The third-order valence-corrected chi connectivity index (χ3v) is 1.65. The second kappa shape index (κ2) is 5.61. The van der Waals surface area contributed by atoms with E-state index >= 15 is 0 Å². The molecule has 1 aromatic heterocycles. The minimum absolute atomic E-state index is 0.0168. The van der Waals surface area contributed by atoms with E-state index in [2.05, 4.69) is 21.6 Å². The van der Waals surface area contributed by atoms with E-state index in [0.29, 0.717) is 0 Å². The van der Waals surface area contributed by atoms with Crippen molar-refractivity contribution in [2.75, 3.05) is 6.61 Å². The molecule has 1 rings (SSSR count). The van der Waals surface area contributed by atoms with Crippen molar-refractivity contribution in [2.45, 2.75) is 6.92 Å². The molecule has 17 heavy (non-hydrogen) atoms. The van der Waals surface area contributed by atoms with Gasteiger partial charge in [0.15, 0.2) is 5.82 Å². The topological polar surface area (TPSA) is 76.5 Å². The van der Waals surface area contributed by atoms with E-state index < -0.39 is 23.3 Å². The molecule has 0 fully saturated rings. The molecule has 0 aliphatic rings. The number of pyridine rings is 1. The summed E-state index contributed by atoms with van der Waals surface area (Å²) in [7, 11) is 0. The van der Waals surface area contributed by atoms with Crippen LogP contribution in [0.5, 0.6) is 0 Å². The van der Waals surface area contributed by atoms with Crippen LogP contribution in [0.15, 0.2) is 12.3 Å². The molecule has 0 amide bonds. The Hall–Kier alpha value is -2.42. The van der Waals surface area contributed by atoms with Gasteiger partial charge in [0.25, 0.3) is 0 Å². The molecule has 1 aromatic rings. The van der Waals surface area contributed by atoms with Gasteiger partial charge < -0.3 is 9.84 Å². The smallest absolute Gasteiger partial charge is 0.384 e. The first kappa shape index (κ1) is 12.6. The number of carboxylic acid groups (broad SMARTS) is 1. The Labute approximate surface area is 96.2 Å². The maximum absolute atomic E-state index is 13.0. The van der Waals surface area contributed by atoms with E-state index in [4.69, 9.17) is 5.11 Å². The van der Waals surface area contributed by atoms with Crippen molar-refractivity contribution in [3.05, 3.63) is 29.3 Å². The van der Waals surface area contributed by atoms with Crippen molar-refractivity contribution in [3.63, 3.8) is 0 Å². The Morgan fingerprint density at radius 3 is 2.88 bits per heavy atom. The highest BCUT2D eigenvalue weighted by Crippen LogP contribution is 2.06. The highest BCUT2D eigenvalue weighted by molar-refractivity contribution is 5.90. The molecule has 5 nitrogen and oxygen atoms in total. The van der Waals surface area contributed by atoms with Crippen molar-refractivity contribution in [1.29, 1.82) is 0 Å². The first-order chi connectivity index (χ1) is 8.04. The first-order valence-electron chi connectivity index (χ1n) is 4.62. The van der Waals surface area contributed by atoms with Crippen LogP contribution in [-0.4, -0.2) is 28.6 Å².